The second-order valence-corrected chi connectivity index (χ2v) is 4.62. The lowest BCUT2D eigenvalue weighted by molar-refractivity contribution is -0.120. The van der Waals surface area contributed by atoms with Gasteiger partial charge in [0.2, 0.25) is 0 Å². The lowest BCUT2D eigenvalue weighted by Crippen LogP contribution is -2.28. The first kappa shape index (κ1) is 8.12. The van der Waals surface area contributed by atoms with Crippen molar-refractivity contribution in [2.45, 2.75) is 37.4 Å². The third kappa shape index (κ3) is 1.75. The molecule has 0 radical (unpaired) electrons. The summed E-state index contributed by atoms with van der Waals surface area (Å²) in [5.74, 6) is 0.447. The number of rotatable bonds is 1. The normalized spacial score (nSPS) is 34.4. The highest BCUT2D eigenvalue weighted by atomic mass is 32.2. The predicted octanol–water partition coefficient (Wildman–Crippen LogP) is 2.25. The Balaban J connectivity index is 2.53. The number of carbonyl (C=O) groups excluding carboxylic acids is 1. The minimum Gasteiger partial charge on any atom is -0.300 e. The largest absolute Gasteiger partial charge is 0.300 e. The Bertz CT molecular complexity index is 144. The van der Waals surface area contributed by atoms with Crippen LogP contribution in [0.3, 0.4) is 0 Å². The van der Waals surface area contributed by atoms with E-state index in [9.17, 15) is 4.79 Å². The second kappa shape index (κ2) is 2.95. The zero-order valence-corrected chi connectivity index (χ0v) is 7.46. The molecule has 0 aromatic heterocycles. The first-order valence-electron chi connectivity index (χ1n) is 3.73. The molecule has 2 heteroatoms. The van der Waals surface area contributed by atoms with E-state index in [1.54, 1.807) is 0 Å². The van der Waals surface area contributed by atoms with Crippen LogP contribution in [0.1, 0.15) is 32.6 Å². The zero-order valence-electron chi connectivity index (χ0n) is 6.64. The topological polar surface area (TPSA) is 17.1 Å². The summed E-state index contributed by atoms with van der Waals surface area (Å²) in [5.41, 5.74) is 0. The molecule has 0 aromatic carbocycles. The highest BCUT2D eigenvalue weighted by Gasteiger charge is 2.29. The van der Waals surface area contributed by atoms with Crippen molar-refractivity contribution in [2.75, 3.05) is 6.26 Å². The third-order valence-electron chi connectivity index (χ3n) is 2.23. The van der Waals surface area contributed by atoms with Gasteiger partial charge in [0.1, 0.15) is 5.78 Å². The van der Waals surface area contributed by atoms with E-state index in [-0.39, 0.29) is 4.75 Å². The van der Waals surface area contributed by atoms with Crippen molar-refractivity contribution in [3.8, 4) is 0 Å². The molecule has 1 aliphatic carbocycles. The van der Waals surface area contributed by atoms with E-state index in [0.29, 0.717) is 5.78 Å². The van der Waals surface area contributed by atoms with Crippen LogP contribution in [0.15, 0.2) is 0 Å². The quantitative estimate of drug-likeness (QED) is 0.582. The number of hydrogen-bond acceptors (Lipinski definition) is 2. The summed E-state index contributed by atoms with van der Waals surface area (Å²) in [7, 11) is 0. The van der Waals surface area contributed by atoms with Crippen molar-refractivity contribution in [1.29, 1.82) is 0 Å². The molecule has 58 valence electrons. The van der Waals surface area contributed by atoms with Crippen LogP contribution in [0, 0.1) is 0 Å². The molecule has 0 heterocycles. The third-order valence-corrected chi connectivity index (χ3v) is 3.56. The molecule has 0 spiro atoms. The molecular weight excluding hydrogens is 144 g/mol. The van der Waals surface area contributed by atoms with Gasteiger partial charge in [-0.2, -0.15) is 11.8 Å². The Morgan fingerprint density at radius 3 is 2.70 bits per heavy atom. The maximum atomic E-state index is 11.0. The maximum Gasteiger partial charge on any atom is 0.134 e. The van der Waals surface area contributed by atoms with Crippen molar-refractivity contribution in [3.05, 3.63) is 0 Å². The van der Waals surface area contributed by atoms with Gasteiger partial charge in [0.25, 0.3) is 0 Å². The Hall–Kier alpha value is 0.0200. The fraction of sp³-hybridized carbons (Fsp3) is 0.875. The summed E-state index contributed by atoms with van der Waals surface area (Å²) < 4.78 is 0.259. The molecule has 0 amide bonds. The van der Waals surface area contributed by atoms with Crippen molar-refractivity contribution in [2.24, 2.45) is 0 Å². The molecule has 1 aliphatic rings. The standard InChI is InChI=1S/C8H14OS/c1-8(10-2)5-3-4-7(9)6-8/h3-6H2,1-2H3. The molecule has 1 fully saturated rings. The highest BCUT2D eigenvalue weighted by Crippen LogP contribution is 2.36. The van der Waals surface area contributed by atoms with Crippen molar-refractivity contribution in [1.82, 2.24) is 0 Å². The lowest BCUT2D eigenvalue weighted by Gasteiger charge is -2.30. The van der Waals surface area contributed by atoms with E-state index in [1.165, 1.54) is 6.42 Å². The molecule has 0 aromatic rings. The van der Waals surface area contributed by atoms with Crippen molar-refractivity contribution < 1.29 is 4.79 Å². The van der Waals surface area contributed by atoms with E-state index in [4.69, 9.17) is 0 Å². The molecule has 1 saturated carbocycles. The van der Waals surface area contributed by atoms with E-state index in [1.807, 2.05) is 11.8 Å². The van der Waals surface area contributed by atoms with Crippen LogP contribution >= 0.6 is 11.8 Å². The summed E-state index contributed by atoms with van der Waals surface area (Å²) in [4.78, 5) is 11.0. The van der Waals surface area contributed by atoms with Gasteiger partial charge in [0.15, 0.2) is 0 Å². The number of carbonyl (C=O) groups is 1. The number of hydrogen-bond donors (Lipinski definition) is 0. The second-order valence-electron chi connectivity index (χ2n) is 3.22. The fourth-order valence-electron chi connectivity index (χ4n) is 1.43. The molecule has 0 bridgehead atoms. The van der Waals surface area contributed by atoms with Crippen LogP contribution in [0.2, 0.25) is 0 Å². The molecule has 1 atom stereocenters. The van der Waals surface area contributed by atoms with Gasteiger partial charge in [0, 0.05) is 17.6 Å². The van der Waals surface area contributed by atoms with Crippen molar-refractivity contribution in [3.63, 3.8) is 0 Å². The highest BCUT2D eigenvalue weighted by molar-refractivity contribution is 8.00. The average molecular weight is 158 g/mol. The molecule has 1 unspecified atom stereocenters. The van der Waals surface area contributed by atoms with E-state index >= 15 is 0 Å². The molecule has 1 rings (SSSR count). The SMILES string of the molecule is CSC1(C)CCCC(=O)C1. The zero-order chi connectivity index (χ0) is 7.61. The maximum absolute atomic E-state index is 11.0. The Morgan fingerprint density at radius 1 is 1.60 bits per heavy atom. The van der Waals surface area contributed by atoms with Crippen LogP contribution < -0.4 is 0 Å². The number of Topliss-reactive ketones (excluding diaryl/α,β-unsaturated/α-hetero) is 1. The summed E-state index contributed by atoms with van der Waals surface area (Å²) in [6, 6.07) is 0. The first-order valence-corrected chi connectivity index (χ1v) is 4.96. The Labute approximate surface area is 66.6 Å². The molecule has 10 heavy (non-hydrogen) atoms. The van der Waals surface area contributed by atoms with Gasteiger partial charge in [-0.15, -0.1) is 0 Å². The van der Waals surface area contributed by atoms with Gasteiger partial charge in [-0.05, 0) is 19.1 Å². The monoisotopic (exact) mass is 158 g/mol. The predicted molar refractivity (Wildman–Crippen MR) is 45.4 cm³/mol. The summed E-state index contributed by atoms with van der Waals surface area (Å²) in [6.07, 6.45) is 6.00. The number of thioether (sulfide) groups is 1. The fourth-order valence-corrected chi connectivity index (χ4v) is 2.08. The van der Waals surface area contributed by atoms with E-state index < -0.39 is 0 Å². The molecule has 0 N–H and O–H groups in total. The Kier molecular flexibility index (Phi) is 2.40. The number of ketones is 1. The van der Waals surface area contributed by atoms with Gasteiger partial charge in [-0.1, -0.05) is 6.92 Å². The van der Waals surface area contributed by atoms with Gasteiger partial charge in [-0.25, -0.2) is 0 Å². The smallest absolute Gasteiger partial charge is 0.134 e. The minimum absolute atomic E-state index is 0.259. The van der Waals surface area contributed by atoms with Crippen molar-refractivity contribution >= 4 is 17.5 Å². The summed E-state index contributed by atoms with van der Waals surface area (Å²) in [5, 5.41) is 0. The molecular formula is C8H14OS. The molecule has 0 aliphatic heterocycles. The average Bonchev–Trinajstić information content (AvgIpc) is 1.88. The summed E-state index contributed by atoms with van der Waals surface area (Å²) in [6.45, 7) is 2.19. The summed E-state index contributed by atoms with van der Waals surface area (Å²) >= 11 is 1.83. The molecule has 0 saturated heterocycles. The van der Waals surface area contributed by atoms with Crippen LogP contribution in [-0.2, 0) is 4.79 Å². The van der Waals surface area contributed by atoms with Gasteiger partial charge in [-0.3, -0.25) is 4.79 Å². The van der Waals surface area contributed by atoms with Crippen LogP contribution in [-0.4, -0.2) is 16.8 Å². The van der Waals surface area contributed by atoms with Gasteiger partial charge in [0.05, 0.1) is 0 Å². The molecule has 1 nitrogen and oxygen atoms in total. The van der Waals surface area contributed by atoms with Gasteiger partial charge < -0.3 is 0 Å². The lowest BCUT2D eigenvalue weighted by atomic mass is 9.89. The first-order chi connectivity index (χ1) is 4.66. The van der Waals surface area contributed by atoms with E-state index in [2.05, 4.69) is 13.2 Å². The van der Waals surface area contributed by atoms with Crippen LogP contribution in [0.25, 0.3) is 0 Å². The van der Waals surface area contributed by atoms with Gasteiger partial charge >= 0.3 is 0 Å². The van der Waals surface area contributed by atoms with Crippen LogP contribution in [0.5, 0.6) is 0 Å². The minimum atomic E-state index is 0.259. The van der Waals surface area contributed by atoms with E-state index in [0.717, 1.165) is 19.3 Å². The Morgan fingerprint density at radius 2 is 2.30 bits per heavy atom. The van der Waals surface area contributed by atoms with Crippen LogP contribution in [0.4, 0.5) is 0 Å².